The summed E-state index contributed by atoms with van der Waals surface area (Å²) in [4.78, 5) is 11.9. The molecule has 0 aliphatic carbocycles. The predicted octanol–water partition coefficient (Wildman–Crippen LogP) is 0.655. The molecule has 0 saturated carbocycles. The van der Waals surface area contributed by atoms with Crippen molar-refractivity contribution in [1.29, 1.82) is 0 Å². The fourth-order valence-corrected chi connectivity index (χ4v) is 1.82. The molecule has 1 unspecified atom stereocenters. The van der Waals surface area contributed by atoms with Gasteiger partial charge in [-0.25, -0.2) is 4.39 Å². The molecule has 1 amide bonds. The molecular formula is C14H15FN2O2. The van der Waals surface area contributed by atoms with Crippen LogP contribution in [0.25, 0.3) is 0 Å². The number of nitrogens with two attached hydrogens (primary N) is 1. The lowest BCUT2D eigenvalue weighted by molar-refractivity contribution is 0.0929. The quantitative estimate of drug-likeness (QED) is 0.769. The maximum absolute atomic E-state index is 13.7. The lowest BCUT2D eigenvalue weighted by Crippen LogP contribution is -2.35. The maximum atomic E-state index is 13.7. The van der Waals surface area contributed by atoms with E-state index in [0.717, 1.165) is 6.42 Å². The van der Waals surface area contributed by atoms with Gasteiger partial charge in [0.25, 0.3) is 5.91 Å². The van der Waals surface area contributed by atoms with E-state index in [2.05, 4.69) is 17.2 Å². The van der Waals surface area contributed by atoms with Crippen LogP contribution in [0.4, 0.5) is 4.39 Å². The summed E-state index contributed by atoms with van der Waals surface area (Å²) in [6.07, 6.45) is 0.786. The Labute approximate surface area is 111 Å². The maximum Gasteiger partial charge on any atom is 0.251 e. The Balaban J connectivity index is 2.08. The van der Waals surface area contributed by atoms with E-state index in [-0.39, 0.29) is 29.6 Å². The molecule has 3 N–H and O–H groups in total. The number of carbonyl (C=O) groups is 1. The number of nitrogens with one attached hydrogen (secondary N) is 1. The Hall–Kier alpha value is -1.90. The highest BCUT2D eigenvalue weighted by atomic mass is 19.1. The van der Waals surface area contributed by atoms with Gasteiger partial charge in [-0.2, -0.15) is 0 Å². The number of benzene rings is 1. The van der Waals surface area contributed by atoms with E-state index in [9.17, 15) is 9.18 Å². The van der Waals surface area contributed by atoms with Gasteiger partial charge >= 0.3 is 0 Å². The van der Waals surface area contributed by atoms with E-state index < -0.39 is 5.82 Å². The molecule has 1 aliphatic heterocycles. The number of carbonyl (C=O) groups excluding carboxylic acids is 1. The molecule has 1 aromatic carbocycles. The first kappa shape index (κ1) is 13.5. The molecule has 0 spiro atoms. The van der Waals surface area contributed by atoms with Crippen molar-refractivity contribution in [3.63, 3.8) is 0 Å². The van der Waals surface area contributed by atoms with Gasteiger partial charge in [0.2, 0.25) is 0 Å². The summed E-state index contributed by atoms with van der Waals surface area (Å²) in [7, 11) is 0. The molecule has 0 bridgehead atoms. The zero-order chi connectivity index (χ0) is 13.7. The Morgan fingerprint density at radius 1 is 1.58 bits per heavy atom. The van der Waals surface area contributed by atoms with Crippen LogP contribution in [-0.4, -0.2) is 31.7 Å². The summed E-state index contributed by atoms with van der Waals surface area (Å²) in [6.45, 7) is 1.32. The first-order chi connectivity index (χ1) is 9.20. The summed E-state index contributed by atoms with van der Waals surface area (Å²) in [5.41, 5.74) is 5.75. The van der Waals surface area contributed by atoms with Crippen LogP contribution in [0.15, 0.2) is 18.2 Å². The van der Waals surface area contributed by atoms with Gasteiger partial charge in [0.1, 0.15) is 5.82 Å². The van der Waals surface area contributed by atoms with Gasteiger partial charge in [-0.3, -0.25) is 4.79 Å². The van der Waals surface area contributed by atoms with Crippen LogP contribution in [0.2, 0.25) is 0 Å². The SMILES string of the molecule is NCC#Cc1ccc(C(=O)NC2CCOC2)cc1F. The highest BCUT2D eigenvalue weighted by Gasteiger charge is 2.19. The first-order valence-corrected chi connectivity index (χ1v) is 6.08. The monoisotopic (exact) mass is 262 g/mol. The second kappa shape index (κ2) is 6.32. The molecule has 1 heterocycles. The van der Waals surface area contributed by atoms with Gasteiger partial charge in [-0.1, -0.05) is 11.8 Å². The Morgan fingerprint density at radius 2 is 2.42 bits per heavy atom. The third kappa shape index (κ3) is 3.53. The summed E-state index contributed by atoms with van der Waals surface area (Å²) < 4.78 is 18.9. The van der Waals surface area contributed by atoms with Crippen molar-refractivity contribution in [3.05, 3.63) is 35.1 Å². The van der Waals surface area contributed by atoms with Crippen molar-refractivity contribution in [3.8, 4) is 11.8 Å². The number of hydrogen-bond donors (Lipinski definition) is 2. The minimum absolute atomic E-state index is 0.00673. The Bertz CT molecular complexity index is 528. The fraction of sp³-hybridized carbons (Fsp3) is 0.357. The predicted molar refractivity (Wildman–Crippen MR) is 69.0 cm³/mol. The molecule has 5 heteroatoms. The van der Waals surface area contributed by atoms with Crippen LogP contribution < -0.4 is 11.1 Å². The van der Waals surface area contributed by atoms with Gasteiger partial charge in [0, 0.05) is 12.2 Å². The van der Waals surface area contributed by atoms with Crippen molar-refractivity contribution in [1.82, 2.24) is 5.32 Å². The van der Waals surface area contributed by atoms with E-state index >= 15 is 0 Å². The highest BCUT2D eigenvalue weighted by Crippen LogP contribution is 2.11. The molecule has 1 aliphatic rings. The first-order valence-electron chi connectivity index (χ1n) is 6.08. The number of halogens is 1. The van der Waals surface area contributed by atoms with Crippen molar-refractivity contribution in [2.45, 2.75) is 12.5 Å². The molecule has 0 radical (unpaired) electrons. The van der Waals surface area contributed by atoms with Gasteiger partial charge < -0.3 is 15.8 Å². The minimum Gasteiger partial charge on any atom is -0.379 e. The van der Waals surface area contributed by atoms with Crippen LogP contribution in [-0.2, 0) is 4.74 Å². The lowest BCUT2D eigenvalue weighted by Gasteiger charge is -2.10. The minimum atomic E-state index is -0.517. The smallest absolute Gasteiger partial charge is 0.251 e. The Kier molecular flexibility index (Phi) is 4.50. The average Bonchev–Trinajstić information content (AvgIpc) is 2.90. The Morgan fingerprint density at radius 3 is 3.05 bits per heavy atom. The second-order valence-corrected chi connectivity index (χ2v) is 4.23. The summed E-state index contributed by atoms with van der Waals surface area (Å²) in [5, 5.41) is 2.80. The molecule has 100 valence electrons. The molecule has 1 fully saturated rings. The van der Waals surface area contributed by atoms with E-state index in [0.29, 0.717) is 13.2 Å². The van der Waals surface area contributed by atoms with E-state index in [4.69, 9.17) is 10.5 Å². The van der Waals surface area contributed by atoms with Crippen LogP contribution in [0, 0.1) is 17.7 Å². The second-order valence-electron chi connectivity index (χ2n) is 4.23. The number of hydrogen-bond acceptors (Lipinski definition) is 3. The van der Waals surface area contributed by atoms with Gasteiger partial charge in [-0.05, 0) is 24.6 Å². The topological polar surface area (TPSA) is 64.4 Å². The average molecular weight is 262 g/mol. The normalized spacial score (nSPS) is 17.7. The summed E-state index contributed by atoms with van der Waals surface area (Å²) in [5.74, 6) is 4.37. The molecule has 1 saturated heterocycles. The van der Waals surface area contributed by atoms with Crippen LogP contribution in [0.5, 0.6) is 0 Å². The van der Waals surface area contributed by atoms with Crippen molar-refractivity contribution in [2.24, 2.45) is 5.73 Å². The molecule has 1 aromatic rings. The highest BCUT2D eigenvalue weighted by molar-refractivity contribution is 5.94. The van der Waals surface area contributed by atoms with E-state index in [1.807, 2.05) is 0 Å². The zero-order valence-electron chi connectivity index (χ0n) is 10.4. The third-order valence-corrected chi connectivity index (χ3v) is 2.82. The van der Waals surface area contributed by atoms with E-state index in [1.54, 1.807) is 6.07 Å². The molecular weight excluding hydrogens is 247 g/mol. The number of rotatable bonds is 2. The standard InChI is InChI=1S/C14H15FN2O2/c15-13-8-11(4-3-10(13)2-1-6-16)14(18)17-12-5-7-19-9-12/h3-4,8,12H,5-7,9,16H2,(H,17,18). The molecule has 2 rings (SSSR count). The summed E-state index contributed by atoms with van der Waals surface area (Å²) in [6, 6.07) is 4.23. The van der Waals surface area contributed by atoms with E-state index in [1.165, 1.54) is 12.1 Å². The van der Waals surface area contributed by atoms with Crippen molar-refractivity contribution in [2.75, 3.05) is 19.8 Å². The number of amides is 1. The van der Waals surface area contributed by atoms with Crippen LogP contribution in [0.3, 0.4) is 0 Å². The lowest BCUT2D eigenvalue weighted by atomic mass is 10.1. The van der Waals surface area contributed by atoms with Crippen LogP contribution in [0.1, 0.15) is 22.3 Å². The number of ether oxygens (including phenoxy) is 1. The van der Waals surface area contributed by atoms with Gasteiger partial charge in [-0.15, -0.1) is 0 Å². The largest absolute Gasteiger partial charge is 0.379 e. The van der Waals surface area contributed by atoms with Gasteiger partial charge in [0.05, 0.1) is 24.8 Å². The van der Waals surface area contributed by atoms with Crippen molar-refractivity contribution >= 4 is 5.91 Å². The van der Waals surface area contributed by atoms with Crippen LogP contribution >= 0.6 is 0 Å². The molecule has 4 nitrogen and oxygen atoms in total. The fourth-order valence-electron chi connectivity index (χ4n) is 1.82. The van der Waals surface area contributed by atoms with Crippen molar-refractivity contribution < 1.29 is 13.9 Å². The zero-order valence-corrected chi connectivity index (χ0v) is 10.4. The molecule has 19 heavy (non-hydrogen) atoms. The molecule has 1 atom stereocenters. The molecule has 0 aromatic heterocycles. The van der Waals surface area contributed by atoms with Gasteiger partial charge in [0.15, 0.2) is 0 Å². The summed E-state index contributed by atoms with van der Waals surface area (Å²) >= 11 is 0. The third-order valence-electron chi connectivity index (χ3n) is 2.82.